The SMILES string of the molecule is C/N=C\N(C)c1cncnc1. The van der Waals surface area contributed by atoms with Crippen LogP contribution in [0.25, 0.3) is 0 Å². The third kappa shape index (κ3) is 2.00. The molecular weight excluding hydrogens is 140 g/mol. The largest absolute Gasteiger partial charge is 0.333 e. The summed E-state index contributed by atoms with van der Waals surface area (Å²) in [6.07, 6.45) is 6.67. The van der Waals surface area contributed by atoms with Crippen molar-refractivity contribution in [3.63, 3.8) is 0 Å². The van der Waals surface area contributed by atoms with Crippen LogP contribution in [-0.2, 0) is 0 Å². The van der Waals surface area contributed by atoms with Gasteiger partial charge in [-0.25, -0.2) is 9.97 Å². The van der Waals surface area contributed by atoms with Crippen molar-refractivity contribution in [1.82, 2.24) is 9.97 Å². The van der Waals surface area contributed by atoms with Gasteiger partial charge in [-0.15, -0.1) is 0 Å². The predicted octanol–water partition coefficient (Wildman–Crippen LogP) is 0.571. The predicted molar refractivity (Wildman–Crippen MR) is 44.9 cm³/mol. The summed E-state index contributed by atoms with van der Waals surface area (Å²) in [5.74, 6) is 0. The molecular formula is C7H10N4. The highest BCUT2D eigenvalue weighted by atomic mass is 15.1. The van der Waals surface area contributed by atoms with E-state index in [9.17, 15) is 0 Å². The normalized spacial score (nSPS) is 10.4. The van der Waals surface area contributed by atoms with Gasteiger partial charge in [0, 0.05) is 14.1 Å². The van der Waals surface area contributed by atoms with E-state index in [1.165, 1.54) is 6.33 Å². The molecule has 58 valence electrons. The fourth-order valence-corrected chi connectivity index (χ4v) is 0.713. The molecule has 0 aliphatic heterocycles. The molecule has 0 fully saturated rings. The highest BCUT2D eigenvalue weighted by Gasteiger charge is 1.94. The molecule has 0 saturated heterocycles. The number of anilines is 1. The van der Waals surface area contributed by atoms with Crippen molar-refractivity contribution >= 4 is 12.0 Å². The lowest BCUT2D eigenvalue weighted by molar-refractivity contribution is 1.13. The number of aliphatic imine (C=N–C) groups is 1. The Kier molecular flexibility index (Phi) is 2.54. The van der Waals surface area contributed by atoms with Gasteiger partial charge in [0.15, 0.2) is 0 Å². The first-order valence-corrected chi connectivity index (χ1v) is 3.24. The molecule has 0 N–H and O–H groups in total. The number of hydrogen-bond donors (Lipinski definition) is 0. The van der Waals surface area contributed by atoms with Crippen LogP contribution in [-0.4, -0.2) is 30.4 Å². The minimum atomic E-state index is 0.929. The highest BCUT2D eigenvalue weighted by molar-refractivity contribution is 5.77. The van der Waals surface area contributed by atoms with E-state index in [-0.39, 0.29) is 0 Å². The van der Waals surface area contributed by atoms with Gasteiger partial charge in [0.2, 0.25) is 0 Å². The molecule has 11 heavy (non-hydrogen) atoms. The third-order valence-corrected chi connectivity index (χ3v) is 1.24. The van der Waals surface area contributed by atoms with Crippen molar-refractivity contribution in [3.05, 3.63) is 18.7 Å². The second kappa shape index (κ2) is 3.65. The monoisotopic (exact) mass is 150 g/mol. The molecule has 0 spiro atoms. The van der Waals surface area contributed by atoms with Gasteiger partial charge in [-0.1, -0.05) is 0 Å². The van der Waals surface area contributed by atoms with Crippen molar-refractivity contribution in [2.24, 2.45) is 4.99 Å². The topological polar surface area (TPSA) is 41.4 Å². The fraction of sp³-hybridized carbons (Fsp3) is 0.286. The Morgan fingerprint density at radius 3 is 2.64 bits per heavy atom. The van der Waals surface area contributed by atoms with Crippen LogP contribution in [0.5, 0.6) is 0 Å². The number of aromatic nitrogens is 2. The van der Waals surface area contributed by atoms with Crippen molar-refractivity contribution in [3.8, 4) is 0 Å². The summed E-state index contributed by atoms with van der Waals surface area (Å²) in [6.45, 7) is 0. The first-order chi connectivity index (χ1) is 5.34. The molecule has 0 unspecified atom stereocenters. The minimum Gasteiger partial charge on any atom is -0.333 e. The van der Waals surface area contributed by atoms with Crippen molar-refractivity contribution in [1.29, 1.82) is 0 Å². The Morgan fingerprint density at radius 2 is 2.09 bits per heavy atom. The van der Waals surface area contributed by atoms with E-state index < -0.39 is 0 Å². The fourth-order valence-electron chi connectivity index (χ4n) is 0.713. The molecule has 0 aliphatic rings. The lowest BCUT2D eigenvalue weighted by Crippen LogP contribution is -2.14. The van der Waals surface area contributed by atoms with Crippen LogP contribution < -0.4 is 4.90 Å². The van der Waals surface area contributed by atoms with Gasteiger partial charge in [-0.05, 0) is 0 Å². The number of rotatable bonds is 2. The zero-order valence-electron chi connectivity index (χ0n) is 6.60. The molecule has 0 aliphatic carbocycles. The minimum absolute atomic E-state index is 0.929. The maximum Gasteiger partial charge on any atom is 0.115 e. The average molecular weight is 150 g/mol. The molecule has 0 bridgehead atoms. The van der Waals surface area contributed by atoms with Crippen LogP contribution in [0.2, 0.25) is 0 Å². The third-order valence-electron chi connectivity index (χ3n) is 1.24. The summed E-state index contributed by atoms with van der Waals surface area (Å²) in [7, 11) is 3.62. The molecule has 0 atom stereocenters. The Morgan fingerprint density at radius 1 is 1.45 bits per heavy atom. The van der Waals surface area contributed by atoms with Gasteiger partial charge in [0.1, 0.15) is 6.33 Å². The van der Waals surface area contributed by atoms with Gasteiger partial charge < -0.3 is 4.90 Å². The van der Waals surface area contributed by atoms with E-state index in [0.717, 1.165) is 5.69 Å². The Balaban J connectivity index is 2.76. The van der Waals surface area contributed by atoms with Crippen LogP contribution in [0.15, 0.2) is 23.7 Å². The smallest absolute Gasteiger partial charge is 0.115 e. The Hall–Kier alpha value is -1.45. The molecule has 0 radical (unpaired) electrons. The van der Waals surface area contributed by atoms with Crippen LogP contribution in [0.3, 0.4) is 0 Å². The Bertz CT molecular complexity index is 231. The number of nitrogens with zero attached hydrogens (tertiary/aromatic N) is 4. The first kappa shape index (κ1) is 7.65. The van der Waals surface area contributed by atoms with E-state index in [2.05, 4.69) is 15.0 Å². The lowest BCUT2D eigenvalue weighted by Gasteiger charge is -2.10. The molecule has 1 rings (SSSR count). The van der Waals surface area contributed by atoms with Crippen molar-refractivity contribution in [2.45, 2.75) is 0 Å². The van der Waals surface area contributed by atoms with Gasteiger partial charge in [-0.2, -0.15) is 0 Å². The number of hydrogen-bond acceptors (Lipinski definition) is 3. The van der Waals surface area contributed by atoms with Crippen LogP contribution in [0, 0.1) is 0 Å². The summed E-state index contributed by atoms with van der Waals surface area (Å²) in [4.78, 5) is 13.5. The molecule has 1 heterocycles. The molecule has 0 amide bonds. The summed E-state index contributed by atoms with van der Waals surface area (Å²) < 4.78 is 0. The summed E-state index contributed by atoms with van der Waals surface area (Å²) >= 11 is 0. The van der Waals surface area contributed by atoms with Gasteiger partial charge in [-0.3, -0.25) is 4.99 Å². The van der Waals surface area contributed by atoms with Crippen molar-refractivity contribution < 1.29 is 0 Å². The summed E-state index contributed by atoms with van der Waals surface area (Å²) in [5, 5.41) is 0. The van der Waals surface area contributed by atoms with Crippen LogP contribution in [0.4, 0.5) is 5.69 Å². The Labute approximate surface area is 65.6 Å². The molecule has 1 aromatic rings. The second-order valence-electron chi connectivity index (χ2n) is 2.08. The van der Waals surface area contributed by atoms with E-state index >= 15 is 0 Å². The molecule has 0 aromatic carbocycles. The standard InChI is InChI=1S/C7H10N4/c1-8-6-11(2)7-3-9-5-10-4-7/h3-6H,1-2H3/b8-6-. The molecule has 1 aromatic heterocycles. The van der Waals surface area contributed by atoms with Gasteiger partial charge in [0.25, 0.3) is 0 Å². The van der Waals surface area contributed by atoms with E-state index in [1.54, 1.807) is 25.8 Å². The summed E-state index contributed by atoms with van der Waals surface area (Å²) in [5.41, 5.74) is 0.929. The quantitative estimate of drug-likeness (QED) is 0.457. The summed E-state index contributed by atoms with van der Waals surface area (Å²) in [6, 6.07) is 0. The van der Waals surface area contributed by atoms with E-state index in [4.69, 9.17) is 0 Å². The lowest BCUT2D eigenvalue weighted by atomic mass is 10.5. The van der Waals surface area contributed by atoms with Crippen LogP contribution in [0.1, 0.15) is 0 Å². The zero-order valence-corrected chi connectivity index (χ0v) is 6.60. The van der Waals surface area contributed by atoms with E-state index in [0.29, 0.717) is 0 Å². The molecule has 4 nitrogen and oxygen atoms in total. The molecule has 0 saturated carbocycles. The van der Waals surface area contributed by atoms with Gasteiger partial charge >= 0.3 is 0 Å². The zero-order chi connectivity index (χ0) is 8.10. The van der Waals surface area contributed by atoms with Crippen molar-refractivity contribution in [2.75, 3.05) is 19.0 Å². The van der Waals surface area contributed by atoms with Gasteiger partial charge in [0.05, 0.1) is 24.4 Å². The maximum atomic E-state index is 3.87. The average Bonchev–Trinajstić information content (AvgIpc) is 2.07. The van der Waals surface area contributed by atoms with E-state index in [1.807, 2.05) is 11.9 Å². The second-order valence-corrected chi connectivity index (χ2v) is 2.08. The first-order valence-electron chi connectivity index (χ1n) is 3.24. The van der Waals surface area contributed by atoms with Crippen LogP contribution >= 0.6 is 0 Å². The maximum absolute atomic E-state index is 3.87. The molecule has 4 heteroatoms. The highest BCUT2D eigenvalue weighted by Crippen LogP contribution is 2.04.